The average Bonchev–Trinajstić information content (AvgIpc) is 3.33. The SMILES string of the molecule is Cc1cc(=O)c(C(=O)N(C)Cc2ccsc2)c(CCc2ccccc2)n1Cc1ccccn1. The molecule has 5 nitrogen and oxygen atoms in total. The van der Waals surface area contributed by atoms with Gasteiger partial charge >= 0.3 is 0 Å². The van der Waals surface area contributed by atoms with Crippen LogP contribution in [0.2, 0.25) is 0 Å². The molecule has 0 spiro atoms. The van der Waals surface area contributed by atoms with Gasteiger partial charge in [-0.1, -0.05) is 36.4 Å². The largest absolute Gasteiger partial charge is 0.342 e. The summed E-state index contributed by atoms with van der Waals surface area (Å²) in [5, 5.41) is 4.01. The van der Waals surface area contributed by atoms with Crippen LogP contribution in [0.4, 0.5) is 0 Å². The number of benzene rings is 1. The van der Waals surface area contributed by atoms with E-state index in [0.29, 0.717) is 19.5 Å². The molecule has 4 rings (SSSR count). The highest BCUT2D eigenvalue weighted by Crippen LogP contribution is 2.18. The minimum Gasteiger partial charge on any atom is -0.342 e. The van der Waals surface area contributed by atoms with Crippen LogP contribution in [-0.2, 0) is 25.9 Å². The average molecular weight is 458 g/mol. The minimum absolute atomic E-state index is 0.227. The molecule has 0 saturated heterocycles. The second-order valence-electron chi connectivity index (χ2n) is 8.16. The Hall–Kier alpha value is -3.51. The normalized spacial score (nSPS) is 10.8. The Labute approximate surface area is 198 Å². The van der Waals surface area contributed by atoms with Crippen molar-refractivity contribution >= 4 is 17.2 Å². The molecule has 0 aliphatic rings. The summed E-state index contributed by atoms with van der Waals surface area (Å²) in [7, 11) is 1.75. The van der Waals surface area contributed by atoms with E-state index in [9.17, 15) is 9.59 Å². The maximum absolute atomic E-state index is 13.5. The number of rotatable bonds is 8. The summed E-state index contributed by atoms with van der Waals surface area (Å²) in [6, 6.07) is 19.5. The topological polar surface area (TPSA) is 55.2 Å². The quantitative estimate of drug-likeness (QED) is 0.385. The highest BCUT2D eigenvalue weighted by atomic mass is 32.1. The van der Waals surface area contributed by atoms with Gasteiger partial charge in [0.05, 0.1) is 12.2 Å². The Kier molecular flexibility index (Phi) is 7.15. The van der Waals surface area contributed by atoms with Gasteiger partial charge in [-0.2, -0.15) is 11.3 Å². The van der Waals surface area contributed by atoms with Crippen LogP contribution in [0.15, 0.2) is 82.4 Å². The number of nitrogens with zero attached hydrogens (tertiary/aromatic N) is 3. The van der Waals surface area contributed by atoms with Crippen molar-refractivity contribution in [1.82, 2.24) is 14.5 Å². The first-order valence-corrected chi connectivity index (χ1v) is 11.9. The predicted molar refractivity (Wildman–Crippen MR) is 133 cm³/mol. The third kappa shape index (κ3) is 5.46. The molecule has 0 aliphatic heterocycles. The molecular weight excluding hydrogens is 430 g/mol. The molecule has 6 heteroatoms. The monoisotopic (exact) mass is 457 g/mol. The number of hydrogen-bond donors (Lipinski definition) is 0. The zero-order chi connectivity index (χ0) is 23.2. The van der Waals surface area contributed by atoms with Crippen LogP contribution >= 0.6 is 11.3 Å². The van der Waals surface area contributed by atoms with Crippen LogP contribution in [0.1, 0.15) is 38.6 Å². The van der Waals surface area contributed by atoms with Gasteiger partial charge in [0.2, 0.25) is 0 Å². The van der Waals surface area contributed by atoms with Crippen molar-refractivity contribution in [1.29, 1.82) is 0 Å². The maximum atomic E-state index is 13.5. The number of thiophene rings is 1. The fourth-order valence-corrected chi connectivity index (χ4v) is 4.68. The number of aromatic nitrogens is 2. The molecule has 0 bridgehead atoms. The second-order valence-corrected chi connectivity index (χ2v) is 8.94. The van der Waals surface area contributed by atoms with Crippen LogP contribution in [0.25, 0.3) is 0 Å². The van der Waals surface area contributed by atoms with Crippen molar-refractivity contribution in [2.45, 2.75) is 32.9 Å². The molecule has 0 radical (unpaired) electrons. The molecule has 0 N–H and O–H groups in total. The van der Waals surface area contributed by atoms with Crippen LogP contribution in [-0.4, -0.2) is 27.4 Å². The molecule has 3 heterocycles. The number of carbonyl (C=O) groups is 1. The van der Waals surface area contributed by atoms with Crippen molar-refractivity contribution in [2.24, 2.45) is 0 Å². The van der Waals surface area contributed by atoms with Crippen molar-refractivity contribution in [2.75, 3.05) is 7.05 Å². The van der Waals surface area contributed by atoms with E-state index in [1.807, 2.05) is 60.1 Å². The van der Waals surface area contributed by atoms with Gasteiger partial charge in [-0.15, -0.1) is 0 Å². The van der Waals surface area contributed by atoms with Crippen molar-refractivity contribution in [3.05, 3.63) is 122 Å². The van der Waals surface area contributed by atoms with Crippen LogP contribution < -0.4 is 5.43 Å². The van der Waals surface area contributed by atoms with E-state index in [2.05, 4.69) is 21.7 Å². The van der Waals surface area contributed by atoms with Crippen molar-refractivity contribution in [3.8, 4) is 0 Å². The van der Waals surface area contributed by atoms with Crippen LogP contribution in [0, 0.1) is 6.92 Å². The lowest BCUT2D eigenvalue weighted by Gasteiger charge is -2.23. The highest BCUT2D eigenvalue weighted by molar-refractivity contribution is 7.07. The number of aryl methyl sites for hydroxylation is 2. The van der Waals surface area contributed by atoms with Crippen molar-refractivity contribution in [3.63, 3.8) is 0 Å². The third-order valence-electron chi connectivity index (χ3n) is 5.73. The van der Waals surface area contributed by atoms with E-state index in [1.165, 1.54) is 5.56 Å². The summed E-state index contributed by atoms with van der Waals surface area (Å²) in [5.74, 6) is -0.246. The zero-order valence-electron chi connectivity index (χ0n) is 18.9. The summed E-state index contributed by atoms with van der Waals surface area (Å²) < 4.78 is 2.07. The van der Waals surface area contributed by atoms with Crippen molar-refractivity contribution < 1.29 is 4.79 Å². The lowest BCUT2D eigenvalue weighted by Crippen LogP contribution is -2.34. The van der Waals surface area contributed by atoms with Gasteiger partial charge in [-0.3, -0.25) is 14.6 Å². The van der Waals surface area contributed by atoms with E-state index in [-0.39, 0.29) is 16.9 Å². The second kappa shape index (κ2) is 10.4. The molecule has 33 heavy (non-hydrogen) atoms. The Bertz CT molecular complexity index is 1270. The van der Waals surface area contributed by atoms with Gasteiger partial charge in [0.25, 0.3) is 5.91 Å². The molecular formula is C27H27N3O2S. The predicted octanol–water partition coefficient (Wildman–Crippen LogP) is 4.72. The third-order valence-corrected chi connectivity index (χ3v) is 6.46. The van der Waals surface area contributed by atoms with E-state index < -0.39 is 0 Å². The fraction of sp³-hybridized carbons (Fsp3) is 0.222. The molecule has 168 valence electrons. The fourth-order valence-electron chi connectivity index (χ4n) is 4.02. The maximum Gasteiger partial charge on any atom is 0.259 e. The van der Waals surface area contributed by atoms with Gasteiger partial charge in [0.1, 0.15) is 5.56 Å². The standard InChI is InChI=1S/C27H27N3O2S/c1-20-16-25(31)26(27(32)29(2)17-22-13-15-33-19-22)24(12-11-21-8-4-3-5-9-21)30(20)18-23-10-6-7-14-28-23/h3-10,13-16,19H,11-12,17-18H2,1-2H3. The molecule has 0 fully saturated rings. The summed E-state index contributed by atoms with van der Waals surface area (Å²) in [5.41, 5.74) is 4.72. The molecule has 4 aromatic rings. The van der Waals surface area contributed by atoms with E-state index in [4.69, 9.17) is 0 Å². The van der Waals surface area contributed by atoms with Gasteiger partial charge < -0.3 is 9.47 Å². The summed E-state index contributed by atoms with van der Waals surface area (Å²) in [6.07, 6.45) is 3.08. The zero-order valence-corrected chi connectivity index (χ0v) is 19.7. The number of pyridine rings is 2. The van der Waals surface area contributed by atoms with E-state index in [0.717, 1.165) is 29.1 Å². The molecule has 1 amide bonds. The number of hydrogen-bond acceptors (Lipinski definition) is 4. The first kappa shape index (κ1) is 22.7. The Morgan fingerprint density at radius 1 is 1.03 bits per heavy atom. The van der Waals surface area contributed by atoms with Crippen LogP contribution in [0.5, 0.6) is 0 Å². The van der Waals surface area contributed by atoms with Gasteiger partial charge in [0, 0.05) is 37.2 Å². The first-order chi connectivity index (χ1) is 16.0. The molecule has 0 atom stereocenters. The Morgan fingerprint density at radius 3 is 2.52 bits per heavy atom. The van der Waals surface area contributed by atoms with E-state index in [1.54, 1.807) is 35.5 Å². The summed E-state index contributed by atoms with van der Waals surface area (Å²) in [6.45, 7) is 2.89. The lowest BCUT2D eigenvalue weighted by molar-refractivity contribution is 0.0781. The summed E-state index contributed by atoms with van der Waals surface area (Å²) >= 11 is 1.60. The van der Waals surface area contributed by atoms with Gasteiger partial charge in [-0.25, -0.2) is 0 Å². The number of amides is 1. The molecule has 0 unspecified atom stereocenters. The molecule has 0 saturated carbocycles. The smallest absolute Gasteiger partial charge is 0.259 e. The first-order valence-electron chi connectivity index (χ1n) is 11.0. The van der Waals surface area contributed by atoms with Crippen LogP contribution in [0.3, 0.4) is 0 Å². The molecule has 1 aromatic carbocycles. The highest BCUT2D eigenvalue weighted by Gasteiger charge is 2.23. The lowest BCUT2D eigenvalue weighted by atomic mass is 10.0. The number of carbonyl (C=O) groups excluding carboxylic acids is 1. The van der Waals surface area contributed by atoms with Gasteiger partial charge in [-0.05, 0) is 59.9 Å². The minimum atomic E-state index is -0.246. The Balaban J connectivity index is 1.75. The van der Waals surface area contributed by atoms with Gasteiger partial charge in [0.15, 0.2) is 5.43 Å². The van der Waals surface area contributed by atoms with E-state index >= 15 is 0 Å². The Morgan fingerprint density at radius 2 is 1.82 bits per heavy atom. The molecule has 3 aromatic heterocycles. The summed E-state index contributed by atoms with van der Waals surface area (Å²) in [4.78, 5) is 32.8. The molecule has 0 aliphatic carbocycles.